The van der Waals surface area contributed by atoms with Crippen LogP contribution in [0.25, 0.3) is 0 Å². The van der Waals surface area contributed by atoms with Gasteiger partial charge in [-0.2, -0.15) is 0 Å². The van der Waals surface area contributed by atoms with Crippen LogP contribution in [-0.2, 0) is 16.1 Å². The molecule has 1 aliphatic heterocycles. The average molecular weight is 297 g/mol. The highest BCUT2D eigenvalue weighted by molar-refractivity contribution is 7.13. The van der Waals surface area contributed by atoms with Gasteiger partial charge in [0.2, 0.25) is 0 Å². The van der Waals surface area contributed by atoms with Crippen LogP contribution in [0.4, 0.5) is 5.13 Å². The number of hydrogen-bond acceptors (Lipinski definition) is 6. The molecule has 0 amide bonds. The van der Waals surface area contributed by atoms with Gasteiger partial charge in [0, 0.05) is 31.6 Å². The molecular formula is C13H19N3O3S. The van der Waals surface area contributed by atoms with E-state index in [2.05, 4.69) is 16.9 Å². The molecule has 0 radical (unpaired) electrons. The Labute approximate surface area is 122 Å². The van der Waals surface area contributed by atoms with Gasteiger partial charge < -0.3 is 14.7 Å². The van der Waals surface area contributed by atoms with Crippen molar-refractivity contribution in [2.75, 3.05) is 31.7 Å². The van der Waals surface area contributed by atoms with Gasteiger partial charge in [0.1, 0.15) is 6.04 Å². The smallest absolute Gasteiger partial charge is 0.323 e. The lowest BCUT2D eigenvalue weighted by atomic mass is 10.2. The van der Waals surface area contributed by atoms with Crippen molar-refractivity contribution in [3.05, 3.63) is 11.1 Å². The minimum Gasteiger partial charge on any atom is -0.480 e. The van der Waals surface area contributed by atoms with Crippen molar-refractivity contribution in [1.82, 2.24) is 9.88 Å². The predicted octanol–water partition coefficient (Wildman–Crippen LogP) is 1.03. The summed E-state index contributed by atoms with van der Waals surface area (Å²) in [5.74, 6) is -0.824. The first-order valence-electron chi connectivity index (χ1n) is 6.87. The molecule has 1 atom stereocenters. The van der Waals surface area contributed by atoms with Crippen molar-refractivity contribution >= 4 is 22.4 Å². The Morgan fingerprint density at radius 3 is 3.15 bits per heavy atom. The van der Waals surface area contributed by atoms with Gasteiger partial charge >= 0.3 is 5.97 Å². The maximum atomic E-state index is 11.2. The molecule has 2 aliphatic rings. The predicted molar refractivity (Wildman–Crippen MR) is 76.2 cm³/mol. The van der Waals surface area contributed by atoms with Crippen molar-refractivity contribution in [3.8, 4) is 0 Å². The van der Waals surface area contributed by atoms with Crippen molar-refractivity contribution < 1.29 is 14.6 Å². The highest BCUT2D eigenvalue weighted by atomic mass is 32.1. The molecule has 0 bridgehead atoms. The number of rotatable bonds is 5. The fraction of sp³-hybridized carbons (Fsp3) is 0.692. The fourth-order valence-corrected chi connectivity index (χ4v) is 3.27. The van der Waals surface area contributed by atoms with Crippen molar-refractivity contribution in [1.29, 1.82) is 0 Å². The Hall–Kier alpha value is -1.18. The van der Waals surface area contributed by atoms with Crippen molar-refractivity contribution in [2.45, 2.75) is 31.5 Å². The summed E-state index contributed by atoms with van der Waals surface area (Å²) in [6, 6.07) is 0.0826. The number of nitrogens with zero attached hydrogens (tertiary/aromatic N) is 3. The normalized spacial score (nSPS) is 23.8. The number of aliphatic carboxylic acids is 1. The van der Waals surface area contributed by atoms with Crippen molar-refractivity contribution in [2.24, 2.45) is 0 Å². The summed E-state index contributed by atoms with van der Waals surface area (Å²) in [6.07, 6.45) is 2.49. The second-order valence-electron chi connectivity index (χ2n) is 5.36. The van der Waals surface area contributed by atoms with Gasteiger partial charge in [0.15, 0.2) is 5.13 Å². The van der Waals surface area contributed by atoms with Crippen LogP contribution in [0.15, 0.2) is 5.38 Å². The third-order valence-corrected chi connectivity index (χ3v) is 4.81. The monoisotopic (exact) mass is 297 g/mol. The van der Waals surface area contributed by atoms with E-state index in [-0.39, 0.29) is 6.61 Å². The van der Waals surface area contributed by atoms with Crippen molar-refractivity contribution in [3.63, 3.8) is 0 Å². The standard InChI is InChI=1S/C13H19N3O3S/c1-15(10-2-3-10)13-14-9(8-20-13)6-16-4-5-19-7-11(16)12(17)18/h8,10-11H,2-7H2,1H3,(H,17,18). The van der Waals surface area contributed by atoms with Crippen LogP contribution in [0.1, 0.15) is 18.5 Å². The van der Waals surface area contributed by atoms with Gasteiger partial charge in [-0.25, -0.2) is 4.98 Å². The van der Waals surface area contributed by atoms with Crippen LogP contribution in [0, 0.1) is 0 Å². The third kappa shape index (κ3) is 2.94. The maximum Gasteiger partial charge on any atom is 0.323 e. The number of carbonyl (C=O) groups is 1. The van der Waals surface area contributed by atoms with Crippen LogP contribution >= 0.6 is 11.3 Å². The van der Waals surface area contributed by atoms with E-state index in [0.29, 0.717) is 25.7 Å². The molecule has 1 saturated carbocycles. The molecule has 3 rings (SSSR count). The lowest BCUT2D eigenvalue weighted by Gasteiger charge is -2.32. The molecule has 20 heavy (non-hydrogen) atoms. The van der Waals surface area contributed by atoms with Crippen LogP contribution in [0.3, 0.4) is 0 Å². The Morgan fingerprint density at radius 2 is 2.45 bits per heavy atom. The molecule has 1 aliphatic carbocycles. The van der Waals surface area contributed by atoms with Crippen LogP contribution in [0.2, 0.25) is 0 Å². The number of aromatic nitrogens is 1. The molecule has 1 unspecified atom stereocenters. The molecule has 1 N–H and O–H groups in total. The summed E-state index contributed by atoms with van der Waals surface area (Å²) in [6.45, 7) is 2.06. The van der Waals surface area contributed by atoms with Gasteiger partial charge in [-0.15, -0.1) is 11.3 Å². The Morgan fingerprint density at radius 1 is 1.65 bits per heavy atom. The maximum absolute atomic E-state index is 11.2. The second kappa shape index (κ2) is 5.67. The molecule has 2 fully saturated rings. The zero-order valence-electron chi connectivity index (χ0n) is 11.5. The molecule has 0 aromatic carbocycles. The molecule has 2 heterocycles. The Bertz CT molecular complexity index is 489. The quantitative estimate of drug-likeness (QED) is 0.875. The minimum absolute atomic E-state index is 0.258. The number of carboxylic acid groups (broad SMARTS) is 1. The Kier molecular flexibility index (Phi) is 3.91. The first-order valence-corrected chi connectivity index (χ1v) is 7.75. The zero-order valence-corrected chi connectivity index (χ0v) is 12.3. The first-order chi connectivity index (χ1) is 9.65. The van der Waals surface area contributed by atoms with E-state index in [0.717, 1.165) is 10.8 Å². The SMILES string of the molecule is CN(c1nc(CN2CCOCC2C(=O)O)cs1)C1CC1. The lowest BCUT2D eigenvalue weighted by molar-refractivity contribution is -0.150. The number of anilines is 1. The third-order valence-electron chi connectivity index (χ3n) is 3.83. The number of thiazole rings is 1. The summed E-state index contributed by atoms with van der Waals surface area (Å²) in [5, 5.41) is 12.3. The zero-order chi connectivity index (χ0) is 14.1. The van der Waals surface area contributed by atoms with Crippen LogP contribution in [-0.4, -0.2) is 59.8 Å². The van der Waals surface area contributed by atoms with E-state index >= 15 is 0 Å². The number of hydrogen-bond donors (Lipinski definition) is 1. The minimum atomic E-state index is -0.824. The number of ether oxygens (including phenoxy) is 1. The molecular weight excluding hydrogens is 278 g/mol. The highest BCUT2D eigenvalue weighted by Crippen LogP contribution is 2.32. The van der Waals surface area contributed by atoms with E-state index < -0.39 is 12.0 Å². The van der Waals surface area contributed by atoms with E-state index in [1.165, 1.54) is 12.8 Å². The van der Waals surface area contributed by atoms with E-state index in [1.807, 2.05) is 10.3 Å². The number of carboxylic acids is 1. The highest BCUT2D eigenvalue weighted by Gasteiger charge is 2.31. The average Bonchev–Trinajstić information content (AvgIpc) is 3.19. The van der Waals surface area contributed by atoms with Gasteiger partial charge in [-0.05, 0) is 12.8 Å². The van der Waals surface area contributed by atoms with Crippen LogP contribution < -0.4 is 4.90 Å². The van der Waals surface area contributed by atoms with Crippen LogP contribution in [0.5, 0.6) is 0 Å². The topological polar surface area (TPSA) is 65.9 Å². The second-order valence-corrected chi connectivity index (χ2v) is 6.20. The summed E-state index contributed by atoms with van der Waals surface area (Å²) in [5.41, 5.74) is 0.950. The molecule has 1 saturated heterocycles. The Balaban J connectivity index is 1.65. The summed E-state index contributed by atoms with van der Waals surface area (Å²) in [4.78, 5) is 20.0. The largest absolute Gasteiger partial charge is 0.480 e. The molecule has 0 spiro atoms. The van der Waals surface area contributed by atoms with Gasteiger partial charge in [0.05, 0.1) is 18.9 Å². The lowest BCUT2D eigenvalue weighted by Crippen LogP contribution is -2.49. The molecule has 110 valence electrons. The summed E-state index contributed by atoms with van der Waals surface area (Å²) in [7, 11) is 2.08. The van der Waals surface area contributed by atoms with Gasteiger partial charge in [-0.1, -0.05) is 0 Å². The first kappa shape index (κ1) is 13.8. The van der Waals surface area contributed by atoms with E-state index in [9.17, 15) is 9.90 Å². The fourth-order valence-electron chi connectivity index (χ4n) is 2.41. The summed E-state index contributed by atoms with van der Waals surface area (Å²) < 4.78 is 5.25. The number of morpholine rings is 1. The molecule has 1 aromatic rings. The van der Waals surface area contributed by atoms with Gasteiger partial charge in [-0.3, -0.25) is 9.69 Å². The summed E-state index contributed by atoms with van der Waals surface area (Å²) >= 11 is 1.63. The molecule has 6 nitrogen and oxygen atoms in total. The van der Waals surface area contributed by atoms with E-state index in [1.54, 1.807) is 11.3 Å². The molecule has 1 aromatic heterocycles. The van der Waals surface area contributed by atoms with Gasteiger partial charge in [0.25, 0.3) is 0 Å². The molecule has 7 heteroatoms. The van der Waals surface area contributed by atoms with E-state index in [4.69, 9.17) is 4.74 Å².